The van der Waals surface area contributed by atoms with Gasteiger partial charge in [0.2, 0.25) is 0 Å². The van der Waals surface area contributed by atoms with Crippen LogP contribution in [0, 0.1) is 0 Å². The Morgan fingerprint density at radius 2 is 1.68 bits per heavy atom. The van der Waals surface area contributed by atoms with Gasteiger partial charge in [0, 0.05) is 16.8 Å². The van der Waals surface area contributed by atoms with Crippen molar-refractivity contribution in [3.05, 3.63) is 79.3 Å². The fourth-order valence-electron chi connectivity index (χ4n) is 3.12. The standard InChI is InChI=1S/C21H14N2O2/c1-2-5-15(6-3-1)22-21-23-20-18(7-4-8-19(20)25-21)17-10-9-14-13-24-12-11-16(14)17/h1-13H,(H,22,23). The molecule has 0 bridgehead atoms. The van der Waals surface area contributed by atoms with Crippen molar-refractivity contribution in [3.8, 4) is 22.3 Å². The van der Waals surface area contributed by atoms with Crippen molar-refractivity contribution in [1.29, 1.82) is 0 Å². The average molecular weight is 326 g/mol. The van der Waals surface area contributed by atoms with Crippen molar-refractivity contribution in [2.45, 2.75) is 0 Å². The summed E-state index contributed by atoms with van der Waals surface area (Å²) in [5.74, 6) is 0. The molecule has 5 rings (SSSR count). The van der Waals surface area contributed by atoms with Gasteiger partial charge in [0.25, 0.3) is 6.01 Å². The molecule has 0 radical (unpaired) electrons. The first kappa shape index (κ1) is 13.9. The molecular formula is C21H14N2O2. The van der Waals surface area contributed by atoms with Gasteiger partial charge in [0.05, 0.1) is 12.5 Å². The molecule has 1 aliphatic heterocycles. The van der Waals surface area contributed by atoms with Gasteiger partial charge in [-0.3, -0.25) is 0 Å². The molecule has 25 heavy (non-hydrogen) atoms. The normalized spacial score (nSPS) is 11.2. The van der Waals surface area contributed by atoms with Crippen molar-refractivity contribution in [1.82, 2.24) is 4.98 Å². The molecule has 0 atom stereocenters. The third kappa shape index (κ3) is 2.35. The Morgan fingerprint density at radius 3 is 2.60 bits per heavy atom. The molecule has 0 saturated heterocycles. The summed E-state index contributed by atoms with van der Waals surface area (Å²) >= 11 is 0. The maximum atomic E-state index is 5.88. The van der Waals surface area contributed by atoms with Gasteiger partial charge in [-0.2, -0.15) is 4.98 Å². The van der Waals surface area contributed by atoms with Crippen LogP contribution in [0.15, 0.2) is 88.1 Å². The molecule has 4 heteroatoms. The minimum Gasteiger partial charge on any atom is -0.472 e. The molecule has 2 aliphatic rings. The van der Waals surface area contributed by atoms with Crippen LogP contribution in [0.1, 0.15) is 0 Å². The van der Waals surface area contributed by atoms with E-state index >= 15 is 0 Å². The predicted octanol–water partition coefficient (Wildman–Crippen LogP) is 5.94. The number of para-hydroxylation sites is 2. The Balaban J connectivity index is 1.62. The number of fused-ring (bicyclic) bond motifs is 2. The summed E-state index contributed by atoms with van der Waals surface area (Å²) in [6.45, 7) is 0. The van der Waals surface area contributed by atoms with Crippen LogP contribution in [-0.2, 0) is 0 Å². The van der Waals surface area contributed by atoms with E-state index in [0.717, 1.165) is 39.0 Å². The lowest BCUT2D eigenvalue weighted by Crippen LogP contribution is -1.89. The largest absolute Gasteiger partial charge is 0.472 e. The highest BCUT2D eigenvalue weighted by Crippen LogP contribution is 2.39. The lowest BCUT2D eigenvalue weighted by molar-refractivity contribution is 0.552. The minimum absolute atomic E-state index is 0.486. The first-order valence-electron chi connectivity index (χ1n) is 8.05. The Bertz CT molecular complexity index is 1130. The molecule has 0 amide bonds. The van der Waals surface area contributed by atoms with Crippen molar-refractivity contribution in [3.63, 3.8) is 0 Å². The molecule has 0 saturated carbocycles. The van der Waals surface area contributed by atoms with Crippen LogP contribution in [0.4, 0.5) is 11.7 Å². The predicted molar refractivity (Wildman–Crippen MR) is 98.1 cm³/mol. The zero-order chi connectivity index (χ0) is 16.6. The van der Waals surface area contributed by atoms with Crippen molar-refractivity contribution in [2.24, 2.45) is 0 Å². The summed E-state index contributed by atoms with van der Waals surface area (Å²) in [6, 6.07) is 22.5. The van der Waals surface area contributed by atoms with E-state index in [1.54, 1.807) is 12.5 Å². The van der Waals surface area contributed by atoms with E-state index in [2.05, 4.69) is 28.5 Å². The van der Waals surface area contributed by atoms with Crippen LogP contribution in [0.5, 0.6) is 0 Å². The molecule has 120 valence electrons. The first-order valence-corrected chi connectivity index (χ1v) is 8.05. The summed E-state index contributed by atoms with van der Waals surface area (Å²) in [5.41, 5.74) is 6.91. The van der Waals surface area contributed by atoms with Gasteiger partial charge < -0.3 is 14.2 Å². The van der Waals surface area contributed by atoms with Crippen LogP contribution >= 0.6 is 0 Å². The second kappa shape index (κ2) is 5.53. The van der Waals surface area contributed by atoms with E-state index in [-0.39, 0.29) is 0 Å². The second-order valence-corrected chi connectivity index (χ2v) is 5.84. The van der Waals surface area contributed by atoms with Gasteiger partial charge in [0.1, 0.15) is 5.52 Å². The van der Waals surface area contributed by atoms with Gasteiger partial charge in [-0.15, -0.1) is 0 Å². The van der Waals surface area contributed by atoms with Gasteiger partial charge in [0.15, 0.2) is 5.58 Å². The number of oxazole rings is 1. The molecule has 1 aliphatic carbocycles. The topological polar surface area (TPSA) is 51.2 Å². The van der Waals surface area contributed by atoms with E-state index < -0.39 is 0 Å². The van der Waals surface area contributed by atoms with E-state index in [9.17, 15) is 0 Å². The van der Waals surface area contributed by atoms with Crippen molar-refractivity contribution in [2.75, 3.05) is 5.32 Å². The Hall–Kier alpha value is -3.53. The number of rotatable bonds is 3. The fraction of sp³-hybridized carbons (Fsp3) is 0. The molecule has 0 spiro atoms. The van der Waals surface area contributed by atoms with E-state index in [1.807, 2.05) is 48.5 Å². The molecule has 2 heterocycles. The Labute approximate surface area is 144 Å². The third-order valence-electron chi connectivity index (χ3n) is 4.27. The molecule has 3 aromatic rings. The number of nitrogens with one attached hydrogen (secondary N) is 1. The minimum atomic E-state index is 0.486. The Kier molecular flexibility index (Phi) is 3.07. The number of aromatic nitrogens is 1. The zero-order valence-corrected chi connectivity index (χ0v) is 13.3. The van der Waals surface area contributed by atoms with Gasteiger partial charge in [-0.05, 0) is 35.4 Å². The third-order valence-corrected chi connectivity index (χ3v) is 4.27. The quantitative estimate of drug-likeness (QED) is 0.446. The van der Waals surface area contributed by atoms with E-state index in [0.29, 0.717) is 6.01 Å². The molecule has 0 fully saturated rings. The highest BCUT2D eigenvalue weighted by molar-refractivity contribution is 5.98. The number of hydrogen-bond acceptors (Lipinski definition) is 4. The second-order valence-electron chi connectivity index (χ2n) is 5.84. The molecule has 1 aromatic heterocycles. The van der Waals surface area contributed by atoms with E-state index in [4.69, 9.17) is 8.83 Å². The van der Waals surface area contributed by atoms with Crippen LogP contribution in [-0.4, -0.2) is 4.98 Å². The zero-order valence-electron chi connectivity index (χ0n) is 13.3. The Morgan fingerprint density at radius 1 is 0.760 bits per heavy atom. The summed E-state index contributed by atoms with van der Waals surface area (Å²) < 4.78 is 11.1. The summed E-state index contributed by atoms with van der Waals surface area (Å²) in [7, 11) is 0. The van der Waals surface area contributed by atoms with Gasteiger partial charge in [-0.1, -0.05) is 42.5 Å². The van der Waals surface area contributed by atoms with Crippen molar-refractivity contribution < 1.29 is 8.83 Å². The molecule has 0 unspecified atom stereocenters. The number of hydrogen-bond donors (Lipinski definition) is 1. The van der Waals surface area contributed by atoms with E-state index in [1.165, 1.54) is 0 Å². The van der Waals surface area contributed by atoms with Crippen molar-refractivity contribution >= 4 is 22.8 Å². The van der Waals surface area contributed by atoms with Crippen LogP contribution in [0.2, 0.25) is 0 Å². The summed E-state index contributed by atoms with van der Waals surface area (Å²) in [6.07, 6.45) is 3.45. The van der Waals surface area contributed by atoms with Gasteiger partial charge >= 0.3 is 0 Å². The smallest absolute Gasteiger partial charge is 0.300 e. The molecule has 2 aromatic carbocycles. The lowest BCUT2D eigenvalue weighted by Gasteiger charge is -2.04. The fourth-order valence-corrected chi connectivity index (χ4v) is 3.12. The number of anilines is 2. The SMILES string of the molecule is c1ccc(Nc2nc3c(-c4ccc5coccc4-5)cccc3o2)cc1. The summed E-state index contributed by atoms with van der Waals surface area (Å²) in [5, 5.41) is 3.21. The monoisotopic (exact) mass is 326 g/mol. The maximum Gasteiger partial charge on any atom is 0.300 e. The molecule has 1 N–H and O–H groups in total. The van der Waals surface area contributed by atoms with Gasteiger partial charge in [-0.25, -0.2) is 0 Å². The van der Waals surface area contributed by atoms with Crippen LogP contribution in [0.25, 0.3) is 33.4 Å². The number of benzene rings is 2. The highest BCUT2D eigenvalue weighted by Gasteiger charge is 2.16. The first-order chi connectivity index (χ1) is 12.4. The molecular weight excluding hydrogens is 312 g/mol. The van der Waals surface area contributed by atoms with Crippen LogP contribution < -0.4 is 5.32 Å². The summed E-state index contributed by atoms with van der Waals surface area (Å²) in [4.78, 5) is 4.67. The average Bonchev–Trinajstić information content (AvgIpc) is 3.26. The lowest BCUT2D eigenvalue weighted by atomic mass is 10.0. The molecule has 4 nitrogen and oxygen atoms in total. The maximum absolute atomic E-state index is 5.88. The van der Waals surface area contributed by atoms with Crippen LogP contribution in [0.3, 0.4) is 0 Å². The number of nitrogens with zero attached hydrogens (tertiary/aromatic N) is 1. The highest BCUT2D eigenvalue weighted by atomic mass is 16.4.